The van der Waals surface area contributed by atoms with Crippen molar-refractivity contribution in [3.63, 3.8) is 0 Å². The summed E-state index contributed by atoms with van der Waals surface area (Å²) in [6, 6.07) is 15.4. The summed E-state index contributed by atoms with van der Waals surface area (Å²) in [4.78, 5) is 0. The average Bonchev–Trinajstić information content (AvgIpc) is 2.76. The Balaban J connectivity index is 1.59. The van der Waals surface area contributed by atoms with Crippen molar-refractivity contribution in [1.82, 2.24) is 0 Å². The van der Waals surface area contributed by atoms with Gasteiger partial charge in [0.15, 0.2) is 0 Å². The molecule has 0 aromatic heterocycles. The van der Waals surface area contributed by atoms with Crippen molar-refractivity contribution in [1.29, 1.82) is 0 Å². The molecule has 0 nitrogen and oxygen atoms in total. The van der Waals surface area contributed by atoms with Crippen molar-refractivity contribution in [3.05, 3.63) is 83.2 Å². The molecule has 0 atom stereocenters. The number of rotatable bonds is 4. The Morgan fingerprint density at radius 1 is 0.767 bits per heavy atom. The van der Waals surface area contributed by atoms with Gasteiger partial charge in [-0.3, -0.25) is 0 Å². The summed E-state index contributed by atoms with van der Waals surface area (Å²) in [6.45, 7) is 2.28. The molecule has 0 N–H and O–H groups in total. The molecule has 1 fully saturated rings. The molecule has 4 rings (SSSR count). The summed E-state index contributed by atoms with van der Waals surface area (Å²) in [5, 5.41) is 0. The van der Waals surface area contributed by atoms with Gasteiger partial charge in [0.1, 0.15) is 0 Å². The number of hydrogen-bond acceptors (Lipinski definition) is 0. The van der Waals surface area contributed by atoms with Gasteiger partial charge < -0.3 is 0 Å². The van der Waals surface area contributed by atoms with Crippen LogP contribution in [-0.4, -0.2) is 13.5 Å². The Morgan fingerprint density at radius 3 is 1.97 bits per heavy atom. The van der Waals surface area contributed by atoms with Crippen molar-refractivity contribution in [3.8, 4) is 22.3 Å². The molecule has 0 saturated heterocycles. The fourth-order valence-corrected chi connectivity index (χ4v) is 4.39. The molecule has 30 heavy (non-hydrogen) atoms. The summed E-state index contributed by atoms with van der Waals surface area (Å²) in [5.74, 6) is 0.416. The van der Waals surface area contributed by atoms with Crippen LogP contribution in [0.15, 0.2) is 54.6 Å². The van der Waals surface area contributed by atoms with E-state index in [-0.39, 0.29) is 16.9 Å². The predicted octanol–water partition coefficient (Wildman–Crippen LogP) is 6.78. The first-order valence-corrected chi connectivity index (χ1v) is 10.5. The molecular weight excluding hydrogens is 380 g/mol. The molecule has 0 bridgehead atoms. The third-order valence-electron chi connectivity index (χ3n) is 6.32. The van der Waals surface area contributed by atoms with Crippen molar-refractivity contribution in [2.45, 2.75) is 38.5 Å². The Bertz CT molecular complexity index is 1060. The zero-order chi connectivity index (χ0) is 21.3. The Labute approximate surface area is 176 Å². The van der Waals surface area contributed by atoms with Crippen LogP contribution in [0.2, 0.25) is 0 Å². The molecule has 152 valence electrons. The third-order valence-corrected chi connectivity index (χ3v) is 6.32. The summed E-state index contributed by atoms with van der Waals surface area (Å²) >= 11 is 0. The monoisotopic (exact) mass is 404 g/mol. The molecular formula is C26H24BF3. The van der Waals surface area contributed by atoms with E-state index in [4.69, 9.17) is 0 Å². The molecule has 3 aromatic rings. The second-order valence-electron chi connectivity index (χ2n) is 8.31. The van der Waals surface area contributed by atoms with E-state index in [2.05, 4.69) is 14.4 Å². The Kier molecular flexibility index (Phi) is 5.94. The van der Waals surface area contributed by atoms with Gasteiger partial charge in [0, 0.05) is 0 Å². The van der Waals surface area contributed by atoms with Crippen LogP contribution in [0.3, 0.4) is 0 Å². The van der Waals surface area contributed by atoms with Crippen LogP contribution >= 0.6 is 0 Å². The third kappa shape index (κ3) is 4.01. The second kappa shape index (κ2) is 8.63. The van der Waals surface area contributed by atoms with E-state index < -0.39 is 11.6 Å². The first kappa shape index (κ1) is 20.6. The Morgan fingerprint density at radius 2 is 1.37 bits per heavy atom. The molecule has 0 spiro atoms. The van der Waals surface area contributed by atoms with E-state index in [1.807, 2.05) is 12.1 Å². The van der Waals surface area contributed by atoms with Crippen LogP contribution in [-0.2, 0) is 0 Å². The molecule has 0 radical (unpaired) electrons. The summed E-state index contributed by atoms with van der Waals surface area (Å²) < 4.78 is 43.3. The van der Waals surface area contributed by atoms with Crippen LogP contribution < -0.4 is 0 Å². The van der Waals surface area contributed by atoms with Gasteiger partial charge in [-0.25, -0.2) is 0 Å². The first-order chi connectivity index (χ1) is 14.5. The van der Waals surface area contributed by atoms with Gasteiger partial charge in [0.05, 0.1) is 0 Å². The zero-order valence-electron chi connectivity index (χ0n) is 17.1. The molecule has 0 unspecified atom stereocenters. The summed E-state index contributed by atoms with van der Waals surface area (Å²) in [5.41, 5.74) is 3.14. The average molecular weight is 404 g/mol. The maximum absolute atomic E-state index is 14.9. The quantitative estimate of drug-likeness (QED) is 0.421. The molecule has 3 aromatic carbocycles. The van der Waals surface area contributed by atoms with Gasteiger partial charge >= 0.3 is 126 Å². The van der Waals surface area contributed by atoms with Gasteiger partial charge in [-0.1, -0.05) is 19.8 Å². The van der Waals surface area contributed by atoms with Crippen LogP contribution in [0.1, 0.15) is 49.7 Å². The van der Waals surface area contributed by atoms with E-state index in [0.717, 1.165) is 24.3 Å². The molecule has 1 aliphatic rings. The van der Waals surface area contributed by atoms with E-state index in [0.29, 0.717) is 22.6 Å². The van der Waals surface area contributed by atoms with Crippen molar-refractivity contribution in [2.24, 2.45) is 5.92 Å². The van der Waals surface area contributed by atoms with E-state index in [9.17, 15) is 13.2 Å². The standard InChI is InChI=1S/C26H24BF3/c1-16-2-4-17(5-3-16)20-10-12-22(24(28)14-20)18-6-8-19(9-7-18)23-13-11-21(15-27)25(29)26(23)30/h6-17,27H,2-5H2,1H3. The van der Waals surface area contributed by atoms with Crippen LogP contribution in [0.4, 0.5) is 13.2 Å². The number of benzene rings is 3. The fourth-order valence-electron chi connectivity index (χ4n) is 4.39. The van der Waals surface area contributed by atoms with Crippen molar-refractivity contribution >= 4 is 13.5 Å². The maximum atomic E-state index is 14.9. The minimum atomic E-state index is -0.912. The molecule has 0 aliphatic heterocycles. The van der Waals surface area contributed by atoms with Gasteiger partial charge in [-0.15, -0.1) is 0 Å². The van der Waals surface area contributed by atoms with E-state index in [1.54, 1.807) is 30.3 Å². The van der Waals surface area contributed by atoms with Gasteiger partial charge in [-0.2, -0.15) is 0 Å². The molecule has 4 heteroatoms. The van der Waals surface area contributed by atoms with Crippen molar-refractivity contribution < 1.29 is 13.2 Å². The fraction of sp³-hybridized carbons (Fsp3) is 0.269. The van der Waals surface area contributed by atoms with Gasteiger partial charge in [0.2, 0.25) is 0 Å². The normalized spacial score (nSPS) is 18.9. The number of hydrogen-bond donors (Lipinski definition) is 0. The zero-order valence-corrected chi connectivity index (χ0v) is 17.1. The first-order valence-electron chi connectivity index (χ1n) is 10.5. The molecule has 0 heterocycles. The predicted molar refractivity (Wildman–Crippen MR) is 120 cm³/mol. The van der Waals surface area contributed by atoms with E-state index >= 15 is 0 Å². The Hall–Kier alpha value is -2.62. The SMILES string of the molecule is B=Cc1ccc(-c2ccc(-c3ccc(C4CCC(C)CC4)cc3F)cc2)c(F)c1F. The molecule has 1 saturated carbocycles. The van der Waals surface area contributed by atoms with E-state index in [1.165, 1.54) is 30.9 Å². The molecule has 0 amide bonds. The van der Waals surface area contributed by atoms with Crippen LogP contribution in [0, 0.1) is 23.4 Å². The van der Waals surface area contributed by atoms with Crippen LogP contribution in [0.25, 0.3) is 22.3 Å². The molecule has 1 aliphatic carbocycles. The van der Waals surface area contributed by atoms with Gasteiger partial charge in [-0.05, 0) is 30.2 Å². The number of halogens is 3. The van der Waals surface area contributed by atoms with Gasteiger partial charge in [0.25, 0.3) is 0 Å². The summed E-state index contributed by atoms with van der Waals surface area (Å²) in [6.07, 6.45) is 4.61. The summed E-state index contributed by atoms with van der Waals surface area (Å²) in [7, 11) is 3.49. The topological polar surface area (TPSA) is 0 Å². The van der Waals surface area contributed by atoms with Crippen molar-refractivity contribution in [2.75, 3.05) is 0 Å². The second-order valence-corrected chi connectivity index (χ2v) is 8.31. The van der Waals surface area contributed by atoms with Crippen LogP contribution in [0.5, 0.6) is 0 Å². The minimum absolute atomic E-state index is 0.127.